The third-order valence-corrected chi connectivity index (χ3v) is 4.39. The molecule has 0 bridgehead atoms. The topological polar surface area (TPSA) is 51.0 Å². The van der Waals surface area contributed by atoms with Gasteiger partial charge in [0.25, 0.3) is 5.91 Å². The molecule has 1 atom stereocenters. The van der Waals surface area contributed by atoms with E-state index in [4.69, 9.17) is 0 Å². The van der Waals surface area contributed by atoms with Gasteiger partial charge < -0.3 is 9.47 Å². The van der Waals surface area contributed by atoms with E-state index in [1.165, 1.54) is 0 Å². The van der Waals surface area contributed by atoms with Crippen LogP contribution in [0.4, 0.5) is 8.78 Å². The zero-order valence-corrected chi connectivity index (χ0v) is 13.7. The SMILES string of the molecule is CC(C)n1cnnc1[C@H]1CCCN(C(=O)c2cc(F)ccc2F)C1. The minimum Gasteiger partial charge on any atom is -0.338 e. The number of hydrogen-bond acceptors (Lipinski definition) is 3. The Balaban J connectivity index is 1.81. The number of carbonyl (C=O) groups is 1. The second-order valence-corrected chi connectivity index (χ2v) is 6.40. The van der Waals surface area contributed by atoms with Gasteiger partial charge in [-0.1, -0.05) is 0 Å². The number of amides is 1. The summed E-state index contributed by atoms with van der Waals surface area (Å²) in [5.41, 5.74) is -0.221. The van der Waals surface area contributed by atoms with Gasteiger partial charge in [0, 0.05) is 25.0 Å². The van der Waals surface area contributed by atoms with Crippen LogP contribution in [-0.2, 0) is 0 Å². The molecule has 1 saturated heterocycles. The third-order valence-electron chi connectivity index (χ3n) is 4.39. The maximum atomic E-state index is 13.9. The quantitative estimate of drug-likeness (QED) is 0.866. The first-order valence-corrected chi connectivity index (χ1v) is 8.11. The van der Waals surface area contributed by atoms with Crippen molar-refractivity contribution in [1.82, 2.24) is 19.7 Å². The molecular formula is C17H20F2N4O. The van der Waals surface area contributed by atoms with E-state index >= 15 is 0 Å². The van der Waals surface area contributed by atoms with Crippen molar-refractivity contribution in [3.05, 3.63) is 47.5 Å². The molecule has 7 heteroatoms. The Labute approximate surface area is 139 Å². The average molecular weight is 334 g/mol. The number of halogens is 2. The summed E-state index contributed by atoms with van der Waals surface area (Å²) in [6.07, 6.45) is 3.37. The highest BCUT2D eigenvalue weighted by Crippen LogP contribution is 2.28. The van der Waals surface area contributed by atoms with Gasteiger partial charge >= 0.3 is 0 Å². The van der Waals surface area contributed by atoms with Crippen molar-refractivity contribution in [3.8, 4) is 0 Å². The zero-order valence-electron chi connectivity index (χ0n) is 13.7. The smallest absolute Gasteiger partial charge is 0.256 e. The summed E-state index contributed by atoms with van der Waals surface area (Å²) in [6, 6.07) is 3.18. The van der Waals surface area contributed by atoms with Crippen LogP contribution in [0.1, 0.15) is 54.8 Å². The van der Waals surface area contributed by atoms with Crippen molar-refractivity contribution in [2.45, 2.75) is 38.6 Å². The van der Waals surface area contributed by atoms with E-state index in [0.29, 0.717) is 13.1 Å². The molecule has 0 saturated carbocycles. The highest BCUT2D eigenvalue weighted by atomic mass is 19.1. The summed E-state index contributed by atoms with van der Waals surface area (Å²) in [5, 5.41) is 8.17. The van der Waals surface area contributed by atoms with Gasteiger partial charge in [0.05, 0.1) is 5.56 Å². The maximum absolute atomic E-state index is 13.9. The molecule has 1 aromatic carbocycles. The summed E-state index contributed by atoms with van der Waals surface area (Å²) in [7, 11) is 0. The molecule has 1 aromatic heterocycles. The van der Waals surface area contributed by atoms with Crippen LogP contribution < -0.4 is 0 Å². The predicted molar refractivity (Wildman–Crippen MR) is 84.6 cm³/mol. The summed E-state index contributed by atoms with van der Waals surface area (Å²) >= 11 is 0. The Morgan fingerprint density at radius 2 is 2.12 bits per heavy atom. The van der Waals surface area contributed by atoms with Crippen molar-refractivity contribution in [3.63, 3.8) is 0 Å². The van der Waals surface area contributed by atoms with Crippen LogP contribution in [0.15, 0.2) is 24.5 Å². The molecular weight excluding hydrogens is 314 g/mol. The lowest BCUT2D eigenvalue weighted by molar-refractivity contribution is 0.0697. The first-order valence-electron chi connectivity index (χ1n) is 8.11. The number of hydrogen-bond donors (Lipinski definition) is 0. The van der Waals surface area contributed by atoms with Crippen LogP contribution in [0, 0.1) is 11.6 Å². The molecule has 24 heavy (non-hydrogen) atoms. The number of piperidine rings is 1. The van der Waals surface area contributed by atoms with Gasteiger partial charge in [-0.25, -0.2) is 8.78 Å². The van der Waals surface area contributed by atoms with E-state index in [1.54, 1.807) is 11.2 Å². The van der Waals surface area contributed by atoms with E-state index in [-0.39, 0.29) is 17.5 Å². The third kappa shape index (κ3) is 3.16. The second kappa shape index (κ2) is 6.67. The number of likely N-dealkylation sites (tertiary alicyclic amines) is 1. The van der Waals surface area contributed by atoms with Crippen molar-refractivity contribution < 1.29 is 13.6 Å². The highest BCUT2D eigenvalue weighted by Gasteiger charge is 2.30. The monoisotopic (exact) mass is 334 g/mol. The fraction of sp³-hybridized carbons (Fsp3) is 0.471. The van der Waals surface area contributed by atoms with E-state index < -0.39 is 17.5 Å². The molecule has 1 aliphatic rings. The van der Waals surface area contributed by atoms with Crippen molar-refractivity contribution in [1.29, 1.82) is 0 Å². The largest absolute Gasteiger partial charge is 0.338 e. The van der Waals surface area contributed by atoms with Crippen LogP contribution >= 0.6 is 0 Å². The molecule has 128 valence electrons. The van der Waals surface area contributed by atoms with Crippen LogP contribution in [0.3, 0.4) is 0 Å². The number of carbonyl (C=O) groups excluding carboxylic acids is 1. The van der Waals surface area contributed by atoms with Crippen LogP contribution in [0.5, 0.6) is 0 Å². The highest BCUT2D eigenvalue weighted by molar-refractivity contribution is 5.94. The molecule has 0 N–H and O–H groups in total. The molecule has 2 aromatic rings. The normalized spacial score (nSPS) is 18.2. The molecule has 5 nitrogen and oxygen atoms in total. The molecule has 0 unspecified atom stereocenters. The summed E-state index contributed by atoms with van der Waals surface area (Å²) in [6.45, 7) is 5.04. The minimum atomic E-state index is -0.700. The van der Waals surface area contributed by atoms with Crippen LogP contribution in [0.2, 0.25) is 0 Å². The van der Waals surface area contributed by atoms with E-state index in [2.05, 4.69) is 10.2 Å². The van der Waals surface area contributed by atoms with Gasteiger partial charge in [-0.05, 0) is 44.9 Å². The minimum absolute atomic E-state index is 0.0456. The van der Waals surface area contributed by atoms with E-state index in [0.717, 1.165) is 36.9 Å². The number of aromatic nitrogens is 3. The van der Waals surface area contributed by atoms with Crippen LogP contribution in [-0.4, -0.2) is 38.7 Å². The number of nitrogens with zero attached hydrogens (tertiary/aromatic N) is 4. The molecule has 1 amide bonds. The van der Waals surface area contributed by atoms with E-state index in [9.17, 15) is 13.6 Å². The Bertz CT molecular complexity index is 744. The zero-order chi connectivity index (χ0) is 17.3. The lowest BCUT2D eigenvalue weighted by Crippen LogP contribution is -2.40. The van der Waals surface area contributed by atoms with Gasteiger partial charge in [0.1, 0.15) is 23.8 Å². The number of rotatable bonds is 3. The van der Waals surface area contributed by atoms with Crippen LogP contribution in [0.25, 0.3) is 0 Å². The molecule has 2 heterocycles. The lowest BCUT2D eigenvalue weighted by atomic mass is 9.96. The molecule has 1 fully saturated rings. The van der Waals surface area contributed by atoms with Gasteiger partial charge in [-0.15, -0.1) is 10.2 Å². The predicted octanol–water partition coefficient (Wildman–Crippen LogP) is 3.16. The summed E-state index contributed by atoms with van der Waals surface area (Å²) in [5.74, 6) is -0.916. The fourth-order valence-electron chi connectivity index (χ4n) is 3.15. The van der Waals surface area contributed by atoms with Crippen molar-refractivity contribution >= 4 is 5.91 Å². The summed E-state index contributed by atoms with van der Waals surface area (Å²) < 4.78 is 29.2. The molecule has 3 rings (SSSR count). The number of benzene rings is 1. The van der Waals surface area contributed by atoms with E-state index in [1.807, 2.05) is 18.4 Å². The first-order chi connectivity index (χ1) is 11.5. The molecule has 0 radical (unpaired) electrons. The van der Waals surface area contributed by atoms with Crippen molar-refractivity contribution in [2.24, 2.45) is 0 Å². The Morgan fingerprint density at radius 1 is 1.33 bits per heavy atom. The molecule has 1 aliphatic heterocycles. The Hall–Kier alpha value is -2.31. The second-order valence-electron chi connectivity index (χ2n) is 6.40. The van der Waals surface area contributed by atoms with Gasteiger partial charge in [0.2, 0.25) is 0 Å². The summed E-state index contributed by atoms with van der Waals surface area (Å²) in [4.78, 5) is 14.2. The standard InChI is InChI=1S/C17H20F2N4O/c1-11(2)23-10-20-21-16(23)12-4-3-7-22(9-12)17(24)14-8-13(18)5-6-15(14)19/h5-6,8,10-12H,3-4,7,9H2,1-2H3/t12-/m0/s1. The van der Waals surface area contributed by atoms with Gasteiger partial charge in [-0.2, -0.15) is 0 Å². The molecule has 0 spiro atoms. The van der Waals surface area contributed by atoms with Crippen molar-refractivity contribution in [2.75, 3.05) is 13.1 Å². The first kappa shape index (κ1) is 16.5. The van der Waals surface area contributed by atoms with Gasteiger partial charge in [0.15, 0.2) is 0 Å². The fourth-order valence-corrected chi connectivity index (χ4v) is 3.15. The van der Waals surface area contributed by atoms with Gasteiger partial charge in [-0.3, -0.25) is 4.79 Å². The average Bonchev–Trinajstić information content (AvgIpc) is 3.06. The maximum Gasteiger partial charge on any atom is 0.256 e. The Kier molecular flexibility index (Phi) is 4.59. The Morgan fingerprint density at radius 3 is 2.88 bits per heavy atom. The lowest BCUT2D eigenvalue weighted by Gasteiger charge is -2.33. The molecule has 0 aliphatic carbocycles.